The van der Waals surface area contributed by atoms with Gasteiger partial charge in [-0.1, -0.05) is 19.4 Å². The van der Waals surface area contributed by atoms with Gasteiger partial charge in [0.2, 0.25) is 0 Å². The molecule has 0 aliphatic heterocycles. The molecule has 0 saturated carbocycles. The van der Waals surface area contributed by atoms with E-state index < -0.39 is 42.2 Å². The van der Waals surface area contributed by atoms with Crippen LogP contribution in [0.15, 0.2) is 27.5 Å². The van der Waals surface area contributed by atoms with Crippen LogP contribution in [0.25, 0.3) is 0 Å². The van der Waals surface area contributed by atoms with Crippen molar-refractivity contribution < 1.29 is 28.0 Å². The molecule has 1 aromatic rings. The van der Waals surface area contributed by atoms with E-state index in [0.717, 1.165) is 6.21 Å². The molecule has 122 valence electrons. The Hall–Kier alpha value is -1.03. The number of halogens is 6. The zero-order valence-corrected chi connectivity index (χ0v) is 12.9. The predicted molar refractivity (Wildman–Crippen MR) is 73.3 cm³/mol. The van der Waals surface area contributed by atoms with Gasteiger partial charge in [0.1, 0.15) is 21.7 Å². The molecule has 0 N–H and O–H groups in total. The Balaban J connectivity index is 3.18. The summed E-state index contributed by atoms with van der Waals surface area (Å²) in [6, 6.07) is 0.306. The molecule has 10 heteroatoms. The van der Waals surface area contributed by atoms with E-state index in [-0.39, 0.29) is 12.1 Å². The monoisotopic (exact) mass is 353 g/mol. The topological polar surface area (TPSA) is 29.4 Å². The van der Waals surface area contributed by atoms with Crippen LogP contribution in [-0.2, 0) is 11.0 Å². The molecule has 0 fully saturated rings. The maximum Gasteiger partial charge on any atom is 0.310 e. The lowest BCUT2D eigenvalue weighted by molar-refractivity contribution is 0.363. The fraction of sp³-hybridized carbons (Fsp3) is 0.364. The standard InChI is InChI=1S/C11H13F6NOS2/c1-11(2,3)20(19)18-7-8-4-5-9(6-10(8)12)21(13,14,15,16)17/h4-7H,1-3H3. The van der Waals surface area contributed by atoms with E-state index in [1.165, 1.54) is 0 Å². The van der Waals surface area contributed by atoms with Gasteiger partial charge in [-0.2, -0.15) is 4.40 Å². The lowest BCUT2D eigenvalue weighted by Crippen LogP contribution is -2.19. The van der Waals surface area contributed by atoms with Crippen LogP contribution in [-0.4, -0.2) is 15.2 Å². The average Bonchev–Trinajstić information content (AvgIpc) is 2.22. The Bertz CT molecular complexity index is 618. The number of nitrogens with zero attached hydrogens (tertiary/aromatic N) is 1. The highest BCUT2D eigenvalue weighted by molar-refractivity contribution is 8.45. The minimum Gasteiger partial charge on any atom is -0.234 e. The van der Waals surface area contributed by atoms with Crippen LogP contribution in [0.1, 0.15) is 26.3 Å². The quantitative estimate of drug-likeness (QED) is 0.531. The fourth-order valence-corrected chi connectivity index (χ4v) is 2.29. The van der Waals surface area contributed by atoms with Crippen LogP contribution < -0.4 is 0 Å². The molecular formula is C11H13F6NOS2. The second-order valence-corrected chi connectivity index (χ2v) is 9.59. The lowest BCUT2D eigenvalue weighted by Gasteiger charge is -2.40. The van der Waals surface area contributed by atoms with Crippen LogP contribution >= 0.6 is 10.2 Å². The van der Waals surface area contributed by atoms with Gasteiger partial charge in [0, 0.05) is 11.8 Å². The van der Waals surface area contributed by atoms with Crippen molar-refractivity contribution >= 4 is 27.4 Å². The third-order valence-electron chi connectivity index (χ3n) is 2.23. The van der Waals surface area contributed by atoms with Crippen molar-refractivity contribution in [1.29, 1.82) is 0 Å². The van der Waals surface area contributed by atoms with Gasteiger partial charge in [0.05, 0.1) is 4.75 Å². The maximum atomic E-state index is 13.5. The maximum absolute atomic E-state index is 13.5. The zero-order chi connectivity index (χ0) is 16.8. The molecule has 1 unspecified atom stereocenters. The first-order chi connectivity index (χ1) is 9.00. The molecule has 0 aliphatic carbocycles. The highest BCUT2D eigenvalue weighted by Gasteiger charge is 2.65. The Morgan fingerprint density at radius 2 is 1.67 bits per heavy atom. The van der Waals surface area contributed by atoms with Crippen molar-refractivity contribution in [2.24, 2.45) is 4.40 Å². The summed E-state index contributed by atoms with van der Waals surface area (Å²) < 4.78 is 90.2. The van der Waals surface area contributed by atoms with E-state index in [0.29, 0.717) is 6.07 Å². The smallest absolute Gasteiger partial charge is 0.234 e. The number of rotatable bonds is 3. The van der Waals surface area contributed by atoms with E-state index in [1.54, 1.807) is 20.8 Å². The van der Waals surface area contributed by atoms with E-state index in [2.05, 4.69) is 4.40 Å². The van der Waals surface area contributed by atoms with E-state index >= 15 is 0 Å². The van der Waals surface area contributed by atoms with Gasteiger partial charge >= 0.3 is 10.2 Å². The minimum absolute atomic E-state index is 0.0754. The van der Waals surface area contributed by atoms with Gasteiger partial charge < -0.3 is 0 Å². The molecule has 1 aromatic carbocycles. The number of hydrogen-bond donors (Lipinski definition) is 0. The zero-order valence-electron chi connectivity index (χ0n) is 11.2. The summed E-state index contributed by atoms with van der Waals surface area (Å²) >= 11 is 0. The predicted octanol–water partition coefficient (Wildman–Crippen LogP) is 5.36. The third-order valence-corrected chi connectivity index (χ3v) is 4.72. The van der Waals surface area contributed by atoms with Gasteiger partial charge in [-0.05, 0) is 39.0 Å². The van der Waals surface area contributed by atoms with Gasteiger partial charge in [0.15, 0.2) is 0 Å². The first-order valence-corrected chi connectivity index (χ1v) is 8.56. The van der Waals surface area contributed by atoms with Gasteiger partial charge in [-0.25, -0.2) is 8.60 Å². The summed E-state index contributed by atoms with van der Waals surface area (Å²) in [6.45, 7) is 4.77. The van der Waals surface area contributed by atoms with Crippen LogP contribution in [0, 0.1) is 5.82 Å². The van der Waals surface area contributed by atoms with Gasteiger partial charge in [0.25, 0.3) is 0 Å². The summed E-state index contributed by atoms with van der Waals surface area (Å²) in [4.78, 5) is -2.32. The summed E-state index contributed by atoms with van der Waals surface area (Å²) in [7, 11) is -11.7. The molecule has 0 radical (unpaired) electrons. The molecular weight excluding hydrogens is 340 g/mol. The largest absolute Gasteiger partial charge is 0.310 e. The highest BCUT2D eigenvalue weighted by atomic mass is 32.5. The second kappa shape index (κ2) is 4.48. The van der Waals surface area contributed by atoms with Crippen LogP contribution in [0.2, 0.25) is 0 Å². The van der Waals surface area contributed by atoms with Crippen molar-refractivity contribution in [3.63, 3.8) is 0 Å². The summed E-state index contributed by atoms with van der Waals surface area (Å²) in [5.41, 5.74) is -0.460. The van der Waals surface area contributed by atoms with E-state index in [9.17, 15) is 28.0 Å². The molecule has 0 bridgehead atoms. The molecule has 1 rings (SSSR count). The van der Waals surface area contributed by atoms with Crippen molar-refractivity contribution in [1.82, 2.24) is 0 Å². The summed E-state index contributed by atoms with van der Waals surface area (Å²) in [5.74, 6) is -1.52. The Labute approximate surface area is 120 Å². The Morgan fingerprint density at radius 1 is 1.14 bits per heavy atom. The molecule has 21 heavy (non-hydrogen) atoms. The number of benzene rings is 1. The fourth-order valence-electron chi connectivity index (χ4n) is 1.12. The summed E-state index contributed by atoms with van der Waals surface area (Å²) in [6.07, 6.45) is 0.756. The highest BCUT2D eigenvalue weighted by Crippen LogP contribution is 3.02. The molecule has 0 aliphatic rings. The number of hydrogen-bond acceptors (Lipinski definition) is 1. The van der Waals surface area contributed by atoms with E-state index in [1.807, 2.05) is 0 Å². The lowest BCUT2D eigenvalue weighted by atomic mass is 10.2. The molecule has 0 heterocycles. The first-order valence-electron chi connectivity index (χ1n) is 5.50. The molecule has 0 saturated heterocycles. The van der Waals surface area contributed by atoms with Crippen molar-refractivity contribution in [2.45, 2.75) is 30.4 Å². The molecule has 0 aromatic heterocycles. The van der Waals surface area contributed by atoms with Crippen LogP contribution in [0.4, 0.5) is 23.8 Å². The average molecular weight is 353 g/mol. The first kappa shape index (κ1) is 18.0. The van der Waals surface area contributed by atoms with E-state index in [4.69, 9.17) is 0 Å². The van der Waals surface area contributed by atoms with Crippen molar-refractivity contribution in [3.8, 4) is 0 Å². The molecule has 2 nitrogen and oxygen atoms in total. The SMILES string of the molecule is CC(C)(C)S(=O)N=Cc1ccc(S(F)(F)(F)(F)F)cc1F. The molecule has 0 spiro atoms. The summed E-state index contributed by atoms with van der Waals surface area (Å²) in [5, 5.41) is 0. The minimum atomic E-state index is -9.91. The van der Waals surface area contributed by atoms with Gasteiger partial charge in [-0.3, -0.25) is 0 Å². The van der Waals surface area contributed by atoms with Crippen molar-refractivity contribution in [3.05, 3.63) is 29.6 Å². The van der Waals surface area contributed by atoms with Crippen LogP contribution in [0.3, 0.4) is 0 Å². The van der Waals surface area contributed by atoms with Gasteiger partial charge in [-0.15, -0.1) is 0 Å². The third kappa shape index (κ3) is 5.03. The van der Waals surface area contributed by atoms with Crippen molar-refractivity contribution in [2.75, 3.05) is 0 Å². The Kier molecular flexibility index (Phi) is 3.85. The van der Waals surface area contributed by atoms with Crippen LogP contribution in [0.5, 0.6) is 0 Å². The normalized spacial score (nSPS) is 18.3. The molecule has 0 amide bonds. The Morgan fingerprint density at radius 3 is 2.05 bits per heavy atom. The molecule has 1 atom stereocenters. The second-order valence-electron chi connectivity index (χ2n) is 5.25.